The van der Waals surface area contributed by atoms with Gasteiger partial charge in [-0.15, -0.1) is 0 Å². The summed E-state index contributed by atoms with van der Waals surface area (Å²) in [5, 5.41) is 0. The molecule has 94 valence electrons. The molecule has 0 amide bonds. The second-order valence-electron chi connectivity index (χ2n) is 6.03. The van der Waals surface area contributed by atoms with Gasteiger partial charge in [-0.1, -0.05) is 33.1 Å². The van der Waals surface area contributed by atoms with E-state index in [1.807, 2.05) is 0 Å². The van der Waals surface area contributed by atoms with Crippen molar-refractivity contribution < 1.29 is 0 Å². The van der Waals surface area contributed by atoms with Crippen LogP contribution in [-0.4, -0.2) is 6.04 Å². The zero-order valence-electron chi connectivity index (χ0n) is 10.9. The minimum Gasteiger partial charge on any atom is -0.271 e. The Hall–Kier alpha value is -0.0800. The molecule has 0 aliphatic heterocycles. The fraction of sp³-hybridized carbons (Fsp3) is 1.00. The number of nitrogens with one attached hydrogen (secondary N) is 1. The van der Waals surface area contributed by atoms with Crippen LogP contribution in [0.4, 0.5) is 0 Å². The van der Waals surface area contributed by atoms with Gasteiger partial charge in [-0.25, -0.2) is 0 Å². The summed E-state index contributed by atoms with van der Waals surface area (Å²) in [5.74, 6) is 9.55. The zero-order chi connectivity index (χ0) is 11.5. The maximum atomic E-state index is 5.79. The highest BCUT2D eigenvalue weighted by molar-refractivity contribution is 4.95. The van der Waals surface area contributed by atoms with Gasteiger partial charge in [-0.2, -0.15) is 0 Å². The van der Waals surface area contributed by atoms with Gasteiger partial charge in [0.15, 0.2) is 0 Å². The van der Waals surface area contributed by atoms with E-state index in [2.05, 4.69) is 19.3 Å². The van der Waals surface area contributed by atoms with E-state index in [1.54, 1.807) is 0 Å². The number of rotatable bonds is 6. The van der Waals surface area contributed by atoms with E-state index >= 15 is 0 Å². The van der Waals surface area contributed by atoms with Gasteiger partial charge < -0.3 is 0 Å². The molecule has 2 heteroatoms. The number of hydrazine groups is 1. The summed E-state index contributed by atoms with van der Waals surface area (Å²) in [6, 6.07) is 0.584. The van der Waals surface area contributed by atoms with Gasteiger partial charge in [0.05, 0.1) is 0 Å². The number of fused-ring (bicyclic) bond motifs is 2. The summed E-state index contributed by atoms with van der Waals surface area (Å²) in [6.07, 6.45) is 9.79. The molecule has 0 aromatic rings. The van der Waals surface area contributed by atoms with Gasteiger partial charge in [-0.3, -0.25) is 11.3 Å². The molecule has 2 aliphatic rings. The van der Waals surface area contributed by atoms with E-state index in [1.165, 1.54) is 44.9 Å². The molecule has 0 heterocycles. The number of hydrogen-bond donors (Lipinski definition) is 2. The standard InChI is InChI=1S/C14H28N2/c1-3-10(4-2)9-14(16-15)13-8-11-5-6-12(13)7-11/h10-14,16H,3-9,15H2,1-2H3. The molecule has 0 aromatic heterocycles. The summed E-state index contributed by atoms with van der Waals surface area (Å²) < 4.78 is 0. The fourth-order valence-corrected chi connectivity index (χ4v) is 4.13. The highest BCUT2D eigenvalue weighted by Gasteiger charge is 2.42. The molecule has 0 saturated heterocycles. The van der Waals surface area contributed by atoms with Crippen molar-refractivity contribution in [3.8, 4) is 0 Å². The van der Waals surface area contributed by atoms with Crippen molar-refractivity contribution in [3.63, 3.8) is 0 Å². The Labute approximate surface area is 100 Å². The first-order valence-corrected chi connectivity index (χ1v) is 7.24. The largest absolute Gasteiger partial charge is 0.271 e. The summed E-state index contributed by atoms with van der Waals surface area (Å²) in [6.45, 7) is 4.62. The summed E-state index contributed by atoms with van der Waals surface area (Å²) in [5.41, 5.74) is 3.13. The molecular formula is C14H28N2. The van der Waals surface area contributed by atoms with Crippen molar-refractivity contribution in [3.05, 3.63) is 0 Å². The average molecular weight is 224 g/mol. The van der Waals surface area contributed by atoms with Crippen LogP contribution in [0.1, 0.15) is 58.8 Å². The lowest BCUT2D eigenvalue weighted by molar-refractivity contribution is 0.214. The molecule has 2 rings (SSSR count). The lowest BCUT2D eigenvalue weighted by Crippen LogP contribution is -2.44. The van der Waals surface area contributed by atoms with Gasteiger partial charge >= 0.3 is 0 Å². The molecule has 2 aliphatic carbocycles. The Kier molecular flexibility index (Phi) is 4.26. The minimum atomic E-state index is 0.584. The SMILES string of the molecule is CCC(CC)CC(NN)C1CC2CCC1C2. The second kappa shape index (κ2) is 5.50. The number of nitrogens with two attached hydrogens (primary N) is 1. The first-order chi connectivity index (χ1) is 7.78. The minimum absolute atomic E-state index is 0.584. The van der Waals surface area contributed by atoms with Gasteiger partial charge in [0, 0.05) is 6.04 Å². The third-order valence-electron chi connectivity index (χ3n) is 5.27. The van der Waals surface area contributed by atoms with Crippen LogP contribution in [0.15, 0.2) is 0 Å². The smallest absolute Gasteiger partial charge is 0.0244 e. The van der Waals surface area contributed by atoms with E-state index in [0.29, 0.717) is 6.04 Å². The van der Waals surface area contributed by atoms with Crippen LogP contribution in [0.2, 0.25) is 0 Å². The maximum absolute atomic E-state index is 5.79. The first-order valence-electron chi connectivity index (χ1n) is 7.24. The Morgan fingerprint density at radius 2 is 1.94 bits per heavy atom. The monoisotopic (exact) mass is 224 g/mol. The van der Waals surface area contributed by atoms with Gasteiger partial charge in [0.1, 0.15) is 0 Å². The van der Waals surface area contributed by atoms with Gasteiger partial charge in [0.2, 0.25) is 0 Å². The molecule has 2 fully saturated rings. The average Bonchev–Trinajstić information content (AvgIpc) is 2.93. The number of hydrogen-bond acceptors (Lipinski definition) is 2. The van der Waals surface area contributed by atoms with Crippen molar-refractivity contribution in [1.29, 1.82) is 0 Å². The van der Waals surface area contributed by atoms with Crippen LogP contribution in [-0.2, 0) is 0 Å². The van der Waals surface area contributed by atoms with Crippen LogP contribution in [0.5, 0.6) is 0 Å². The van der Waals surface area contributed by atoms with Gasteiger partial charge in [-0.05, 0) is 49.4 Å². The van der Waals surface area contributed by atoms with Crippen LogP contribution < -0.4 is 11.3 Å². The summed E-state index contributed by atoms with van der Waals surface area (Å²) in [4.78, 5) is 0. The van der Waals surface area contributed by atoms with Crippen LogP contribution in [0.3, 0.4) is 0 Å². The van der Waals surface area contributed by atoms with E-state index < -0.39 is 0 Å². The molecule has 0 spiro atoms. The molecule has 2 bridgehead atoms. The van der Waals surface area contributed by atoms with Crippen molar-refractivity contribution >= 4 is 0 Å². The molecule has 2 saturated carbocycles. The van der Waals surface area contributed by atoms with Gasteiger partial charge in [0.25, 0.3) is 0 Å². The highest BCUT2D eigenvalue weighted by Crippen LogP contribution is 2.50. The quantitative estimate of drug-likeness (QED) is 0.537. The topological polar surface area (TPSA) is 38.0 Å². The molecule has 0 aromatic carbocycles. The molecule has 4 unspecified atom stereocenters. The lowest BCUT2D eigenvalue weighted by atomic mass is 9.79. The molecular weight excluding hydrogens is 196 g/mol. The Bertz CT molecular complexity index is 213. The van der Waals surface area contributed by atoms with E-state index in [4.69, 9.17) is 5.84 Å². The maximum Gasteiger partial charge on any atom is 0.0244 e. The molecule has 0 radical (unpaired) electrons. The molecule has 2 nitrogen and oxygen atoms in total. The van der Waals surface area contributed by atoms with Crippen molar-refractivity contribution in [1.82, 2.24) is 5.43 Å². The van der Waals surface area contributed by atoms with Crippen molar-refractivity contribution in [2.24, 2.45) is 29.5 Å². The van der Waals surface area contributed by atoms with E-state index in [0.717, 1.165) is 23.7 Å². The summed E-state index contributed by atoms with van der Waals surface area (Å²) in [7, 11) is 0. The fourth-order valence-electron chi connectivity index (χ4n) is 4.13. The highest BCUT2D eigenvalue weighted by atomic mass is 15.2. The third kappa shape index (κ3) is 2.43. The Morgan fingerprint density at radius 1 is 1.19 bits per heavy atom. The van der Waals surface area contributed by atoms with Crippen molar-refractivity contribution in [2.45, 2.75) is 64.8 Å². The predicted octanol–water partition coefficient (Wildman–Crippen LogP) is 3.08. The predicted molar refractivity (Wildman–Crippen MR) is 68.7 cm³/mol. The molecule has 3 N–H and O–H groups in total. The lowest BCUT2D eigenvalue weighted by Gasteiger charge is -2.32. The Balaban J connectivity index is 1.89. The van der Waals surface area contributed by atoms with E-state index in [9.17, 15) is 0 Å². The second-order valence-corrected chi connectivity index (χ2v) is 6.03. The normalized spacial score (nSPS) is 34.9. The third-order valence-corrected chi connectivity index (χ3v) is 5.27. The van der Waals surface area contributed by atoms with Crippen molar-refractivity contribution in [2.75, 3.05) is 0 Å². The first kappa shape index (κ1) is 12.4. The van der Waals surface area contributed by atoms with Crippen LogP contribution in [0.25, 0.3) is 0 Å². The van der Waals surface area contributed by atoms with E-state index in [-0.39, 0.29) is 0 Å². The molecule has 16 heavy (non-hydrogen) atoms. The molecule has 4 atom stereocenters. The summed E-state index contributed by atoms with van der Waals surface area (Å²) >= 11 is 0. The van der Waals surface area contributed by atoms with Crippen LogP contribution in [0, 0.1) is 23.7 Å². The Morgan fingerprint density at radius 3 is 2.38 bits per heavy atom. The zero-order valence-corrected chi connectivity index (χ0v) is 10.9. The van der Waals surface area contributed by atoms with Crippen LogP contribution >= 0.6 is 0 Å².